The van der Waals surface area contributed by atoms with Crippen molar-refractivity contribution >= 4 is 0 Å². The lowest BCUT2D eigenvalue weighted by Gasteiger charge is -2.21. The molecular formula is C17H23N5. The van der Waals surface area contributed by atoms with Crippen molar-refractivity contribution in [2.24, 2.45) is 0 Å². The van der Waals surface area contributed by atoms with Crippen molar-refractivity contribution in [3.63, 3.8) is 0 Å². The fourth-order valence-corrected chi connectivity index (χ4v) is 2.97. The SMILES string of the molecule is CCc1ccc(CN(Cc2nnnn2C2CC2)C2CC2)cc1. The summed E-state index contributed by atoms with van der Waals surface area (Å²) in [6.07, 6.45) is 6.15. The van der Waals surface area contributed by atoms with E-state index < -0.39 is 0 Å². The van der Waals surface area contributed by atoms with Gasteiger partial charge in [0.2, 0.25) is 0 Å². The maximum Gasteiger partial charge on any atom is 0.165 e. The molecule has 0 atom stereocenters. The Hall–Kier alpha value is -1.75. The molecule has 0 N–H and O–H groups in total. The van der Waals surface area contributed by atoms with Crippen LogP contribution in [-0.4, -0.2) is 31.1 Å². The number of tetrazole rings is 1. The Kier molecular flexibility index (Phi) is 3.66. The third-order valence-corrected chi connectivity index (χ3v) is 4.68. The van der Waals surface area contributed by atoms with Gasteiger partial charge in [-0.3, -0.25) is 4.90 Å². The summed E-state index contributed by atoms with van der Waals surface area (Å²) in [5, 5.41) is 12.3. The molecule has 0 unspecified atom stereocenters. The Balaban J connectivity index is 1.47. The van der Waals surface area contributed by atoms with Crippen LogP contribution < -0.4 is 0 Å². The zero-order chi connectivity index (χ0) is 14.9. The van der Waals surface area contributed by atoms with E-state index in [0.29, 0.717) is 12.1 Å². The highest BCUT2D eigenvalue weighted by Crippen LogP contribution is 2.35. The molecule has 5 heteroatoms. The smallest absolute Gasteiger partial charge is 0.165 e. The van der Waals surface area contributed by atoms with Gasteiger partial charge in [-0.2, -0.15) is 0 Å². The number of aryl methyl sites for hydroxylation is 1. The number of benzene rings is 1. The lowest BCUT2D eigenvalue weighted by Crippen LogP contribution is -2.27. The Morgan fingerprint density at radius 1 is 1.05 bits per heavy atom. The van der Waals surface area contributed by atoms with E-state index in [1.807, 2.05) is 4.68 Å². The maximum absolute atomic E-state index is 4.26. The first-order chi connectivity index (χ1) is 10.8. The van der Waals surface area contributed by atoms with Crippen LogP contribution in [0, 0.1) is 0 Å². The molecule has 0 bridgehead atoms. The monoisotopic (exact) mass is 297 g/mol. The molecular weight excluding hydrogens is 274 g/mol. The molecule has 2 saturated carbocycles. The van der Waals surface area contributed by atoms with Crippen LogP contribution in [-0.2, 0) is 19.5 Å². The summed E-state index contributed by atoms with van der Waals surface area (Å²) in [6, 6.07) is 10.3. The summed E-state index contributed by atoms with van der Waals surface area (Å²) in [7, 11) is 0. The summed E-state index contributed by atoms with van der Waals surface area (Å²) in [4.78, 5) is 2.53. The summed E-state index contributed by atoms with van der Waals surface area (Å²) in [6.45, 7) is 4.05. The minimum absolute atomic E-state index is 0.551. The fraction of sp³-hybridized carbons (Fsp3) is 0.588. The van der Waals surface area contributed by atoms with Crippen molar-refractivity contribution in [1.29, 1.82) is 0 Å². The minimum Gasteiger partial charge on any atom is -0.289 e. The van der Waals surface area contributed by atoms with E-state index in [-0.39, 0.29) is 0 Å². The number of nitrogens with zero attached hydrogens (tertiary/aromatic N) is 5. The first kappa shape index (κ1) is 13.9. The number of aromatic nitrogens is 4. The molecule has 0 spiro atoms. The van der Waals surface area contributed by atoms with Gasteiger partial charge in [-0.25, -0.2) is 4.68 Å². The average Bonchev–Trinajstić information content (AvgIpc) is 3.47. The quantitative estimate of drug-likeness (QED) is 0.788. The number of hydrogen-bond donors (Lipinski definition) is 0. The van der Waals surface area contributed by atoms with Crippen molar-refractivity contribution < 1.29 is 0 Å². The van der Waals surface area contributed by atoms with Crippen LogP contribution in [0.5, 0.6) is 0 Å². The van der Waals surface area contributed by atoms with Gasteiger partial charge in [0.25, 0.3) is 0 Å². The van der Waals surface area contributed by atoms with Crippen LogP contribution in [0.1, 0.15) is 55.6 Å². The molecule has 1 aromatic heterocycles. The van der Waals surface area contributed by atoms with E-state index in [1.54, 1.807) is 0 Å². The van der Waals surface area contributed by atoms with Crippen LogP contribution in [0.2, 0.25) is 0 Å². The molecule has 2 fully saturated rings. The molecule has 5 nitrogen and oxygen atoms in total. The predicted molar refractivity (Wildman–Crippen MR) is 84.2 cm³/mol. The summed E-state index contributed by atoms with van der Waals surface area (Å²) in [5.41, 5.74) is 2.79. The molecule has 2 aromatic rings. The zero-order valence-corrected chi connectivity index (χ0v) is 13.1. The third kappa shape index (κ3) is 3.04. The first-order valence-corrected chi connectivity index (χ1v) is 8.42. The van der Waals surface area contributed by atoms with E-state index in [1.165, 1.54) is 36.8 Å². The Labute approximate surface area is 131 Å². The standard InChI is InChI=1S/C17H23N5/c1-2-13-3-5-14(6-4-13)11-21(15-7-8-15)12-17-18-19-20-22(17)16-9-10-16/h3-6,15-16H,2,7-12H2,1H3. The van der Waals surface area contributed by atoms with Crippen LogP contribution in [0.15, 0.2) is 24.3 Å². The molecule has 116 valence electrons. The van der Waals surface area contributed by atoms with Crippen molar-refractivity contribution in [2.45, 2.75) is 64.2 Å². The van der Waals surface area contributed by atoms with E-state index in [4.69, 9.17) is 0 Å². The summed E-state index contributed by atoms with van der Waals surface area (Å²) in [5.74, 6) is 1.03. The Bertz CT molecular complexity index is 625. The van der Waals surface area contributed by atoms with Gasteiger partial charge < -0.3 is 0 Å². The van der Waals surface area contributed by atoms with Crippen LogP contribution in [0.25, 0.3) is 0 Å². The molecule has 0 radical (unpaired) electrons. The van der Waals surface area contributed by atoms with Crippen molar-refractivity contribution in [3.05, 3.63) is 41.2 Å². The predicted octanol–water partition coefficient (Wildman–Crippen LogP) is 2.74. The highest BCUT2D eigenvalue weighted by atomic mass is 15.6. The van der Waals surface area contributed by atoms with Crippen molar-refractivity contribution in [2.75, 3.05) is 0 Å². The molecule has 4 rings (SSSR count). The van der Waals surface area contributed by atoms with E-state index in [0.717, 1.165) is 25.3 Å². The van der Waals surface area contributed by atoms with Gasteiger partial charge in [0.1, 0.15) is 0 Å². The Morgan fingerprint density at radius 3 is 2.41 bits per heavy atom. The van der Waals surface area contributed by atoms with E-state index >= 15 is 0 Å². The van der Waals surface area contributed by atoms with Gasteiger partial charge in [0.15, 0.2) is 5.82 Å². The van der Waals surface area contributed by atoms with Crippen LogP contribution in [0.4, 0.5) is 0 Å². The molecule has 0 amide bonds. The molecule has 0 aliphatic heterocycles. The second-order valence-electron chi connectivity index (χ2n) is 6.58. The normalized spacial score (nSPS) is 18.1. The summed E-state index contributed by atoms with van der Waals surface area (Å²) < 4.78 is 2.04. The highest BCUT2D eigenvalue weighted by Gasteiger charge is 2.32. The van der Waals surface area contributed by atoms with Crippen LogP contribution in [0.3, 0.4) is 0 Å². The van der Waals surface area contributed by atoms with Crippen LogP contribution >= 0.6 is 0 Å². The minimum atomic E-state index is 0.551. The largest absolute Gasteiger partial charge is 0.289 e. The molecule has 1 aromatic carbocycles. The molecule has 2 aliphatic carbocycles. The van der Waals surface area contributed by atoms with Gasteiger partial charge in [-0.1, -0.05) is 31.2 Å². The van der Waals surface area contributed by atoms with Crippen molar-refractivity contribution in [3.8, 4) is 0 Å². The molecule has 1 heterocycles. The van der Waals surface area contributed by atoms with E-state index in [2.05, 4.69) is 51.6 Å². The van der Waals surface area contributed by atoms with Gasteiger partial charge >= 0.3 is 0 Å². The molecule has 22 heavy (non-hydrogen) atoms. The number of rotatable bonds is 7. The second kappa shape index (κ2) is 5.80. The second-order valence-corrected chi connectivity index (χ2v) is 6.58. The van der Waals surface area contributed by atoms with Gasteiger partial charge in [-0.05, 0) is 53.7 Å². The van der Waals surface area contributed by atoms with Gasteiger partial charge in [0, 0.05) is 12.6 Å². The zero-order valence-electron chi connectivity index (χ0n) is 13.1. The lowest BCUT2D eigenvalue weighted by atomic mass is 10.1. The van der Waals surface area contributed by atoms with Crippen molar-refractivity contribution in [1.82, 2.24) is 25.1 Å². The average molecular weight is 297 g/mol. The third-order valence-electron chi connectivity index (χ3n) is 4.68. The molecule has 0 saturated heterocycles. The topological polar surface area (TPSA) is 46.8 Å². The maximum atomic E-state index is 4.26. The first-order valence-electron chi connectivity index (χ1n) is 8.42. The van der Waals surface area contributed by atoms with E-state index in [9.17, 15) is 0 Å². The molecule has 2 aliphatic rings. The highest BCUT2D eigenvalue weighted by molar-refractivity contribution is 5.22. The fourth-order valence-electron chi connectivity index (χ4n) is 2.97. The summed E-state index contributed by atoms with van der Waals surface area (Å²) >= 11 is 0. The number of hydrogen-bond acceptors (Lipinski definition) is 4. The lowest BCUT2D eigenvalue weighted by molar-refractivity contribution is 0.234. The van der Waals surface area contributed by atoms with Gasteiger partial charge in [-0.15, -0.1) is 5.10 Å². The van der Waals surface area contributed by atoms with Gasteiger partial charge in [0.05, 0.1) is 12.6 Å². The Morgan fingerprint density at radius 2 is 1.77 bits per heavy atom.